The van der Waals surface area contributed by atoms with Crippen LogP contribution in [0.3, 0.4) is 0 Å². The number of hydrogen-bond acceptors (Lipinski definition) is 1. The molecular weight excluding hydrogens is 146 g/mol. The van der Waals surface area contributed by atoms with Crippen LogP contribution in [0, 0.1) is 5.41 Å². The highest BCUT2D eigenvalue weighted by Gasteiger charge is 2.31. The molecule has 12 heavy (non-hydrogen) atoms. The fourth-order valence-electron chi connectivity index (χ4n) is 2.12. The molecule has 1 fully saturated rings. The summed E-state index contributed by atoms with van der Waals surface area (Å²) in [7, 11) is 0. The molecule has 0 aromatic heterocycles. The van der Waals surface area contributed by atoms with Crippen molar-refractivity contribution in [1.29, 1.82) is 0 Å². The highest BCUT2D eigenvalue weighted by molar-refractivity contribution is 5.04. The van der Waals surface area contributed by atoms with Crippen LogP contribution in [0.25, 0.3) is 0 Å². The van der Waals surface area contributed by atoms with E-state index in [2.05, 4.69) is 17.5 Å². The second kappa shape index (κ2) is 4.66. The van der Waals surface area contributed by atoms with Gasteiger partial charge in [0.05, 0.1) is 0 Å². The molecule has 0 aromatic rings. The number of piperidine rings is 1. The minimum absolute atomic E-state index is 0.700. The van der Waals surface area contributed by atoms with Crippen molar-refractivity contribution in [2.24, 2.45) is 5.41 Å². The Morgan fingerprint density at radius 1 is 1.00 bits per heavy atom. The first kappa shape index (κ1) is 9.79. The van der Waals surface area contributed by atoms with Gasteiger partial charge in [0, 0.05) is 0 Å². The molecule has 0 atom stereocenters. The lowest BCUT2D eigenvalue weighted by Crippen LogP contribution is -2.34. The van der Waals surface area contributed by atoms with Crippen molar-refractivity contribution in [2.45, 2.75) is 39.5 Å². The zero-order valence-corrected chi connectivity index (χ0v) is 8.40. The van der Waals surface area contributed by atoms with Crippen LogP contribution in [0.4, 0.5) is 0 Å². The maximum absolute atomic E-state index is 3.41. The van der Waals surface area contributed by atoms with Gasteiger partial charge < -0.3 is 5.32 Å². The molecule has 1 spiro atoms. The third-order valence-corrected chi connectivity index (χ3v) is 2.93. The molecule has 0 bridgehead atoms. The highest BCUT2D eigenvalue weighted by Crippen LogP contribution is 2.40. The molecule has 1 aliphatic carbocycles. The van der Waals surface area contributed by atoms with Crippen LogP contribution in [0.15, 0.2) is 12.2 Å². The van der Waals surface area contributed by atoms with E-state index >= 15 is 0 Å². The smallest absolute Gasteiger partial charge is 0.00434 e. The van der Waals surface area contributed by atoms with E-state index in [-0.39, 0.29) is 0 Å². The van der Waals surface area contributed by atoms with Gasteiger partial charge in [-0.15, -0.1) is 0 Å². The van der Waals surface area contributed by atoms with Crippen LogP contribution >= 0.6 is 0 Å². The van der Waals surface area contributed by atoms with Crippen molar-refractivity contribution in [2.75, 3.05) is 13.1 Å². The van der Waals surface area contributed by atoms with E-state index in [4.69, 9.17) is 0 Å². The first-order chi connectivity index (χ1) is 5.91. The molecule has 2 aliphatic rings. The largest absolute Gasteiger partial charge is 0.317 e. The summed E-state index contributed by atoms with van der Waals surface area (Å²) < 4.78 is 0. The minimum Gasteiger partial charge on any atom is -0.317 e. The Kier molecular flexibility index (Phi) is 3.80. The molecule has 0 radical (unpaired) electrons. The molecule has 1 saturated heterocycles. The van der Waals surface area contributed by atoms with Gasteiger partial charge in [-0.05, 0) is 44.2 Å². The molecule has 70 valence electrons. The summed E-state index contributed by atoms with van der Waals surface area (Å²) in [6.45, 7) is 6.48. The van der Waals surface area contributed by atoms with E-state index in [1.165, 1.54) is 38.8 Å². The number of rotatable bonds is 0. The molecule has 0 unspecified atom stereocenters. The first-order valence-electron chi connectivity index (χ1n) is 5.27. The van der Waals surface area contributed by atoms with Crippen molar-refractivity contribution in [3.05, 3.63) is 12.2 Å². The molecule has 0 aromatic carbocycles. The summed E-state index contributed by atoms with van der Waals surface area (Å²) >= 11 is 0. The SMILES string of the molecule is C1=CCC2(C1)CCNCC2.CC. The quantitative estimate of drug-likeness (QED) is 0.547. The van der Waals surface area contributed by atoms with Gasteiger partial charge in [0.1, 0.15) is 0 Å². The first-order valence-corrected chi connectivity index (χ1v) is 5.27. The summed E-state index contributed by atoms with van der Waals surface area (Å²) in [5, 5.41) is 3.41. The van der Waals surface area contributed by atoms with E-state index in [1.807, 2.05) is 13.8 Å². The van der Waals surface area contributed by atoms with E-state index in [0.717, 1.165) is 0 Å². The average Bonchev–Trinajstić information content (AvgIpc) is 2.58. The maximum atomic E-state index is 3.41. The van der Waals surface area contributed by atoms with Crippen molar-refractivity contribution >= 4 is 0 Å². The van der Waals surface area contributed by atoms with Crippen LogP contribution in [-0.4, -0.2) is 13.1 Å². The third-order valence-electron chi connectivity index (χ3n) is 2.93. The molecule has 1 aliphatic heterocycles. The van der Waals surface area contributed by atoms with E-state index in [0.29, 0.717) is 5.41 Å². The van der Waals surface area contributed by atoms with Crippen LogP contribution in [0.1, 0.15) is 39.5 Å². The van der Waals surface area contributed by atoms with Crippen LogP contribution in [-0.2, 0) is 0 Å². The molecular formula is C11H21N. The van der Waals surface area contributed by atoms with Gasteiger partial charge in [-0.25, -0.2) is 0 Å². The Hall–Kier alpha value is -0.300. The molecule has 0 amide bonds. The Balaban J connectivity index is 0.000000336. The fourth-order valence-corrected chi connectivity index (χ4v) is 2.12. The standard InChI is InChI=1S/C9H15N.C2H6/c1-2-4-9(3-1)5-7-10-8-6-9;1-2/h1-2,10H,3-8H2;1-2H3. The van der Waals surface area contributed by atoms with Crippen molar-refractivity contribution in [3.8, 4) is 0 Å². The number of hydrogen-bond donors (Lipinski definition) is 1. The van der Waals surface area contributed by atoms with E-state index in [1.54, 1.807) is 0 Å². The second-order valence-electron chi connectivity index (χ2n) is 3.63. The van der Waals surface area contributed by atoms with Crippen LogP contribution in [0.5, 0.6) is 0 Å². The lowest BCUT2D eigenvalue weighted by molar-refractivity contribution is 0.220. The van der Waals surface area contributed by atoms with Gasteiger partial charge in [0.25, 0.3) is 0 Å². The Bertz CT molecular complexity index is 133. The lowest BCUT2D eigenvalue weighted by Gasteiger charge is -2.33. The fraction of sp³-hybridized carbons (Fsp3) is 0.818. The van der Waals surface area contributed by atoms with Crippen LogP contribution < -0.4 is 5.32 Å². The normalized spacial score (nSPS) is 25.2. The minimum atomic E-state index is 0.700. The third kappa shape index (κ3) is 2.10. The van der Waals surface area contributed by atoms with Crippen molar-refractivity contribution < 1.29 is 0 Å². The average molecular weight is 167 g/mol. The van der Waals surface area contributed by atoms with Gasteiger partial charge in [0.2, 0.25) is 0 Å². The lowest BCUT2D eigenvalue weighted by atomic mass is 9.77. The summed E-state index contributed by atoms with van der Waals surface area (Å²) in [6.07, 6.45) is 10.2. The molecule has 1 N–H and O–H groups in total. The van der Waals surface area contributed by atoms with Gasteiger partial charge in [-0.2, -0.15) is 0 Å². The van der Waals surface area contributed by atoms with Gasteiger partial charge in [-0.3, -0.25) is 0 Å². The second-order valence-corrected chi connectivity index (χ2v) is 3.63. The predicted molar refractivity (Wildman–Crippen MR) is 54.3 cm³/mol. The Labute approximate surface area is 76.2 Å². The van der Waals surface area contributed by atoms with Crippen LogP contribution in [0.2, 0.25) is 0 Å². The summed E-state index contributed by atoms with van der Waals surface area (Å²) in [4.78, 5) is 0. The summed E-state index contributed by atoms with van der Waals surface area (Å²) in [6, 6.07) is 0. The topological polar surface area (TPSA) is 12.0 Å². The Morgan fingerprint density at radius 3 is 2.00 bits per heavy atom. The monoisotopic (exact) mass is 167 g/mol. The zero-order chi connectivity index (χ0) is 8.86. The van der Waals surface area contributed by atoms with Gasteiger partial charge >= 0.3 is 0 Å². The summed E-state index contributed by atoms with van der Waals surface area (Å²) in [5.74, 6) is 0. The molecule has 0 saturated carbocycles. The molecule has 1 heterocycles. The van der Waals surface area contributed by atoms with E-state index in [9.17, 15) is 0 Å². The Morgan fingerprint density at radius 2 is 1.50 bits per heavy atom. The van der Waals surface area contributed by atoms with Gasteiger partial charge in [-0.1, -0.05) is 26.0 Å². The molecule has 2 rings (SSSR count). The molecule has 1 heteroatoms. The summed E-state index contributed by atoms with van der Waals surface area (Å²) in [5.41, 5.74) is 0.700. The maximum Gasteiger partial charge on any atom is -0.00434 e. The number of allylic oxidation sites excluding steroid dienone is 2. The van der Waals surface area contributed by atoms with Crippen molar-refractivity contribution in [3.63, 3.8) is 0 Å². The van der Waals surface area contributed by atoms with E-state index < -0.39 is 0 Å². The number of nitrogens with one attached hydrogen (secondary N) is 1. The predicted octanol–water partition coefficient (Wildman–Crippen LogP) is 2.73. The molecule has 1 nitrogen and oxygen atoms in total. The van der Waals surface area contributed by atoms with Gasteiger partial charge in [0.15, 0.2) is 0 Å². The highest BCUT2D eigenvalue weighted by atomic mass is 14.9. The van der Waals surface area contributed by atoms with Crippen molar-refractivity contribution in [1.82, 2.24) is 5.32 Å². The zero-order valence-electron chi connectivity index (χ0n) is 8.40.